The van der Waals surface area contributed by atoms with Crippen molar-refractivity contribution in [3.63, 3.8) is 0 Å². The Hall–Kier alpha value is -0.870. The first kappa shape index (κ1) is 8.72. The Balaban J connectivity index is 2.08. The van der Waals surface area contributed by atoms with Gasteiger partial charge in [-0.2, -0.15) is 0 Å². The minimum atomic E-state index is 0.116. The molecule has 0 aliphatic carbocycles. The van der Waals surface area contributed by atoms with Crippen molar-refractivity contribution in [1.29, 1.82) is 0 Å². The van der Waals surface area contributed by atoms with Crippen LogP contribution in [0.2, 0.25) is 0 Å². The number of hydrogen-bond acceptors (Lipinski definition) is 3. The number of hydrogen-bond donors (Lipinski definition) is 1. The smallest absolute Gasteiger partial charge is 0.114 e. The summed E-state index contributed by atoms with van der Waals surface area (Å²) in [5.74, 6) is 0. The van der Waals surface area contributed by atoms with Gasteiger partial charge in [0.2, 0.25) is 0 Å². The Morgan fingerprint density at radius 3 is 3.08 bits per heavy atom. The van der Waals surface area contributed by atoms with Crippen LogP contribution in [0.25, 0.3) is 0 Å². The van der Waals surface area contributed by atoms with Crippen molar-refractivity contribution < 1.29 is 4.74 Å². The molecule has 2 heterocycles. The molecule has 1 N–H and O–H groups in total. The summed E-state index contributed by atoms with van der Waals surface area (Å²) in [7, 11) is 1.97. The minimum Gasteiger partial charge on any atom is -0.366 e. The molecular formula is C9H15N3O. The van der Waals surface area contributed by atoms with Gasteiger partial charge >= 0.3 is 0 Å². The van der Waals surface area contributed by atoms with Crippen LogP contribution in [0.3, 0.4) is 0 Å². The second-order valence-corrected chi connectivity index (χ2v) is 3.56. The molecule has 13 heavy (non-hydrogen) atoms. The van der Waals surface area contributed by atoms with Crippen molar-refractivity contribution >= 4 is 0 Å². The van der Waals surface area contributed by atoms with Gasteiger partial charge < -0.3 is 14.6 Å². The highest BCUT2D eigenvalue weighted by atomic mass is 16.5. The first-order chi connectivity index (χ1) is 6.25. The third-order valence-corrected chi connectivity index (χ3v) is 2.21. The highest BCUT2D eigenvalue weighted by Gasteiger charge is 2.21. The molecule has 0 radical (unpaired) electrons. The molecule has 0 aromatic carbocycles. The molecule has 72 valence electrons. The van der Waals surface area contributed by atoms with E-state index < -0.39 is 0 Å². The second kappa shape index (κ2) is 3.47. The number of aromatic nitrogens is 2. The Labute approximate surface area is 77.9 Å². The van der Waals surface area contributed by atoms with Gasteiger partial charge in [-0.25, -0.2) is 4.98 Å². The number of ether oxygens (including phenoxy) is 1. The van der Waals surface area contributed by atoms with Crippen LogP contribution in [0.5, 0.6) is 0 Å². The van der Waals surface area contributed by atoms with Crippen LogP contribution in [0.4, 0.5) is 0 Å². The van der Waals surface area contributed by atoms with E-state index in [1.807, 2.05) is 17.8 Å². The summed E-state index contributed by atoms with van der Waals surface area (Å²) in [4.78, 5) is 4.27. The van der Waals surface area contributed by atoms with E-state index in [9.17, 15) is 0 Å². The van der Waals surface area contributed by atoms with Gasteiger partial charge in [0.1, 0.15) is 6.10 Å². The molecular weight excluding hydrogens is 166 g/mol. The van der Waals surface area contributed by atoms with Gasteiger partial charge in [0.25, 0.3) is 0 Å². The molecule has 2 rings (SSSR count). The Bertz CT molecular complexity index is 284. The van der Waals surface area contributed by atoms with Crippen molar-refractivity contribution in [2.45, 2.75) is 19.1 Å². The molecule has 4 nitrogen and oxygen atoms in total. The maximum absolute atomic E-state index is 5.75. The molecule has 0 amide bonds. The lowest BCUT2D eigenvalue weighted by Gasteiger charge is -2.27. The molecule has 1 saturated heterocycles. The second-order valence-electron chi connectivity index (χ2n) is 3.56. The van der Waals surface area contributed by atoms with Gasteiger partial charge in [-0.05, 0) is 6.92 Å². The number of nitrogens with zero attached hydrogens (tertiary/aromatic N) is 2. The highest BCUT2D eigenvalue weighted by Crippen LogP contribution is 2.18. The quantitative estimate of drug-likeness (QED) is 0.684. The van der Waals surface area contributed by atoms with E-state index in [4.69, 9.17) is 4.74 Å². The van der Waals surface area contributed by atoms with E-state index >= 15 is 0 Å². The maximum Gasteiger partial charge on any atom is 0.114 e. The average Bonchev–Trinajstić information content (AvgIpc) is 2.52. The maximum atomic E-state index is 5.75. The van der Waals surface area contributed by atoms with Crippen LogP contribution < -0.4 is 5.32 Å². The zero-order chi connectivity index (χ0) is 9.26. The normalized spacial score (nSPS) is 29.1. The van der Waals surface area contributed by atoms with Crippen molar-refractivity contribution in [3.05, 3.63) is 18.2 Å². The fraction of sp³-hybridized carbons (Fsp3) is 0.667. The predicted octanol–water partition coefficient (Wildman–Crippen LogP) is 0.469. The molecule has 1 fully saturated rings. The third kappa shape index (κ3) is 1.89. The summed E-state index contributed by atoms with van der Waals surface area (Å²) in [6.07, 6.45) is 4.20. The van der Waals surface area contributed by atoms with Crippen LogP contribution in [-0.4, -0.2) is 28.7 Å². The average molecular weight is 181 g/mol. The standard InChI is InChI=1S/C9H15N3O/c1-7-3-10-4-9(13-7)8-5-12(2)6-11-8/h5-7,9-10H,3-4H2,1-2H3. The summed E-state index contributed by atoms with van der Waals surface area (Å²) in [6.45, 7) is 3.87. The van der Waals surface area contributed by atoms with E-state index in [0.717, 1.165) is 18.8 Å². The lowest BCUT2D eigenvalue weighted by molar-refractivity contribution is -0.0307. The summed E-state index contributed by atoms with van der Waals surface area (Å²) in [5, 5.41) is 3.32. The van der Waals surface area contributed by atoms with E-state index in [1.54, 1.807) is 6.33 Å². The van der Waals surface area contributed by atoms with Crippen LogP contribution in [-0.2, 0) is 11.8 Å². The molecule has 4 heteroatoms. The first-order valence-electron chi connectivity index (χ1n) is 4.60. The molecule has 0 spiro atoms. The molecule has 1 aliphatic rings. The predicted molar refractivity (Wildman–Crippen MR) is 49.4 cm³/mol. The van der Waals surface area contributed by atoms with Crippen LogP contribution in [0.15, 0.2) is 12.5 Å². The molecule has 0 bridgehead atoms. The topological polar surface area (TPSA) is 39.1 Å². The number of aryl methyl sites for hydroxylation is 1. The van der Waals surface area contributed by atoms with E-state index in [0.29, 0.717) is 0 Å². The number of imidazole rings is 1. The van der Waals surface area contributed by atoms with Gasteiger partial charge in [-0.1, -0.05) is 0 Å². The summed E-state index contributed by atoms with van der Waals surface area (Å²) >= 11 is 0. The molecule has 1 aliphatic heterocycles. The van der Waals surface area contributed by atoms with Crippen LogP contribution in [0, 0.1) is 0 Å². The lowest BCUT2D eigenvalue weighted by atomic mass is 10.2. The number of nitrogens with one attached hydrogen (secondary N) is 1. The number of morpholine rings is 1. The monoisotopic (exact) mass is 181 g/mol. The van der Waals surface area contributed by atoms with Gasteiger partial charge in [-0.3, -0.25) is 0 Å². The SMILES string of the molecule is CC1CNCC(c2cn(C)cn2)O1. The first-order valence-corrected chi connectivity index (χ1v) is 4.60. The third-order valence-electron chi connectivity index (χ3n) is 2.21. The van der Waals surface area contributed by atoms with Gasteiger partial charge in [0.05, 0.1) is 18.1 Å². The van der Waals surface area contributed by atoms with E-state index in [-0.39, 0.29) is 12.2 Å². The molecule has 2 unspecified atom stereocenters. The molecule has 1 aromatic heterocycles. The lowest BCUT2D eigenvalue weighted by Crippen LogP contribution is -2.39. The van der Waals surface area contributed by atoms with Crippen molar-refractivity contribution in [2.75, 3.05) is 13.1 Å². The van der Waals surface area contributed by atoms with Crippen molar-refractivity contribution in [3.8, 4) is 0 Å². The molecule has 0 saturated carbocycles. The largest absolute Gasteiger partial charge is 0.366 e. The highest BCUT2D eigenvalue weighted by molar-refractivity contribution is 5.03. The Kier molecular flexibility index (Phi) is 2.33. The molecule has 1 aromatic rings. The molecule has 2 atom stereocenters. The zero-order valence-corrected chi connectivity index (χ0v) is 8.03. The summed E-state index contributed by atoms with van der Waals surface area (Å²) < 4.78 is 7.69. The summed E-state index contributed by atoms with van der Waals surface area (Å²) in [6, 6.07) is 0. The van der Waals surface area contributed by atoms with Crippen LogP contribution >= 0.6 is 0 Å². The van der Waals surface area contributed by atoms with E-state index in [1.165, 1.54) is 0 Å². The van der Waals surface area contributed by atoms with Gasteiger partial charge in [-0.15, -0.1) is 0 Å². The summed E-state index contributed by atoms with van der Waals surface area (Å²) in [5.41, 5.74) is 1.02. The minimum absolute atomic E-state index is 0.116. The van der Waals surface area contributed by atoms with Crippen molar-refractivity contribution in [2.24, 2.45) is 7.05 Å². The zero-order valence-electron chi connectivity index (χ0n) is 8.03. The Morgan fingerprint density at radius 2 is 2.46 bits per heavy atom. The fourth-order valence-electron chi connectivity index (χ4n) is 1.57. The van der Waals surface area contributed by atoms with Crippen LogP contribution in [0.1, 0.15) is 18.7 Å². The van der Waals surface area contributed by atoms with Gasteiger partial charge in [0.15, 0.2) is 0 Å². The number of rotatable bonds is 1. The Morgan fingerprint density at radius 1 is 1.62 bits per heavy atom. The van der Waals surface area contributed by atoms with Gasteiger partial charge in [0, 0.05) is 26.3 Å². The van der Waals surface area contributed by atoms with E-state index in [2.05, 4.69) is 17.2 Å². The fourth-order valence-corrected chi connectivity index (χ4v) is 1.57. The van der Waals surface area contributed by atoms with Crippen molar-refractivity contribution in [1.82, 2.24) is 14.9 Å².